The Morgan fingerprint density at radius 3 is 1.55 bits per heavy atom. The molecule has 2 nitrogen and oxygen atoms in total. The van der Waals surface area contributed by atoms with Crippen molar-refractivity contribution in [1.29, 1.82) is 0 Å². The fourth-order valence-corrected chi connectivity index (χ4v) is 17.5. The van der Waals surface area contributed by atoms with E-state index in [2.05, 4.69) is 34.6 Å². The summed E-state index contributed by atoms with van der Waals surface area (Å²) in [6, 6.07) is 0. The second-order valence-electron chi connectivity index (χ2n) is 7.06. The van der Waals surface area contributed by atoms with Crippen LogP contribution in [0.5, 0.6) is 0 Å². The Bertz CT molecular complexity index is 209. The molecule has 2 N–H and O–H groups in total. The van der Waals surface area contributed by atoms with Crippen molar-refractivity contribution in [2.75, 3.05) is 11.2 Å². The van der Waals surface area contributed by atoms with E-state index in [1.807, 2.05) is 0 Å². The van der Waals surface area contributed by atoms with Crippen molar-refractivity contribution in [2.45, 2.75) is 92.1 Å². The summed E-state index contributed by atoms with van der Waals surface area (Å²) in [5.74, 6) is 0. The molecular weight excluding hydrogens is 353 g/mol. The van der Waals surface area contributed by atoms with Crippen molar-refractivity contribution in [1.82, 2.24) is 0 Å². The third-order valence-corrected chi connectivity index (χ3v) is 18.7. The molecule has 0 saturated heterocycles. The van der Waals surface area contributed by atoms with E-state index in [1.54, 1.807) is 0 Å². The molecule has 0 radical (unpaired) electrons. The first-order chi connectivity index (χ1) is 9.45. The molecule has 3 heteroatoms. The summed E-state index contributed by atoms with van der Waals surface area (Å²) in [4.78, 5) is 0. The summed E-state index contributed by atoms with van der Waals surface area (Å²) in [7, 11) is 0. The summed E-state index contributed by atoms with van der Waals surface area (Å²) in [6.07, 6.45) is 8.23. The average molecular weight is 392 g/mol. The molecule has 0 amide bonds. The zero-order valence-corrected chi connectivity index (χ0v) is 17.6. The normalized spacial score (nSPS) is 12.9. The molecule has 0 saturated carbocycles. The van der Waals surface area contributed by atoms with Crippen LogP contribution in [0.15, 0.2) is 0 Å². The van der Waals surface area contributed by atoms with Crippen LogP contribution in [0.4, 0.5) is 0 Å². The standard InChI is InChI=1S/C5H12NO.3C4H9.Sn/c1-5(2,4-6)7-3;3*1-3-4-2;/h3-4,6H2,1-2H3;3*1,3-4H2,2H3;. The molecule has 0 atom stereocenters. The minimum absolute atomic E-state index is 0.132. The molecule has 0 heterocycles. The van der Waals surface area contributed by atoms with Crippen LogP contribution in [-0.2, 0) is 4.74 Å². The van der Waals surface area contributed by atoms with Gasteiger partial charge in [-0.15, -0.1) is 0 Å². The van der Waals surface area contributed by atoms with E-state index >= 15 is 0 Å². The molecule has 0 aliphatic rings. The fraction of sp³-hybridized carbons (Fsp3) is 1.00. The molecule has 0 aromatic carbocycles. The Labute approximate surface area is 132 Å². The van der Waals surface area contributed by atoms with E-state index in [0.29, 0.717) is 6.54 Å². The van der Waals surface area contributed by atoms with Crippen molar-refractivity contribution < 1.29 is 4.74 Å². The quantitative estimate of drug-likeness (QED) is 0.441. The van der Waals surface area contributed by atoms with Crippen LogP contribution >= 0.6 is 0 Å². The molecule has 20 heavy (non-hydrogen) atoms. The van der Waals surface area contributed by atoms with Gasteiger partial charge in [0.05, 0.1) is 0 Å². The number of hydrogen-bond acceptors (Lipinski definition) is 2. The first-order valence-corrected chi connectivity index (χ1v) is 16.9. The van der Waals surface area contributed by atoms with Gasteiger partial charge >= 0.3 is 132 Å². The number of unbranched alkanes of at least 4 members (excludes halogenated alkanes) is 3. The van der Waals surface area contributed by atoms with E-state index in [4.69, 9.17) is 10.5 Å². The van der Waals surface area contributed by atoms with Crippen LogP contribution in [0, 0.1) is 0 Å². The Kier molecular flexibility index (Phi) is 11.7. The van der Waals surface area contributed by atoms with Crippen LogP contribution in [0.1, 0.15) is 73.1 Å². The van der Waals surface area contributed by atoms with Gasteiger partial charge in [0.25, 0.3) is 0 Å². The van der Waals surface area contributed by atoms with Crippen molar-refractivity contribution in [3.8, 4) is 0 Å². The van der Waals surface area contributed by atoms with Gasteiger partial charge in [-0.1, -0.05) is 0 Å². The predicted octanol–water partition coefficient (Wildman–Crippen LogP) is 5.13. The molecule has 0 aromatic rings. The van der Waals surface area contributed by atoms with Gasteiger partial charge in [0.2, 0.25) is 0 Å². The summed E-state index contributed by atoms with van der Waals surface area (Å²) < 4.78 is 12.0. The monoisotopic (exact) mass is 393 g/mol. The van der Waals surface area contributed by atoms with E-state index in [0.717, 1.165) is 4.62 Å². The molecule has 0 bridgehead atoms. The van der Waals surface area contributed by atoms with Gasteiger partial charge in [0.1, 0.15) is 0 Å². The van der Waals surface area contributed by atoms with Gasteiger partial charge in [0.15, 0.2) is 0 Å². The zero-order valence-electron chi connectivity index (χ0n) is 14.8. The summed E-state index contributed by atoms with van der Waals surface area (Å²) in [6.45, 7) is 11.9. The number of rotatable bonds is 13. The zero-order chi connectivity index (χ0) is 15.5. The molecule has 0 unspecified atom stereocenters. The van der Waals surface area contributed by atoms with Crippen molar-refractivity contribution in [2.24, 2.45) is 5.73 Å². The Hall–Kier alpha value is 0.719. The molecule has 0 aromatic heterocycles. The average Bonchev–Trinajstić information content (AvgIpc) is 2.46. The van der Waals surface area contributed by atoms with Crippen LogP contribution in [0.3, 0.4) is 0 Å². The first-order valence-electron chi connectivity index (χ1n) is 8.79. The number of ether oxygens (including phenoxy) is 1. The maximum atomic E-state index is 6.30. The summed E-state index contributed by atoms with van der Waals surface area (Å²) in [5.41, 5.74) is 5.70. The van der Waals surface area contributed by atoms with Crippen molar-refractivity contribution in [3.63, 3.8) is 0 Å². The van der Waals surface area contributed by atoms with E-state index in [9.17, 15) is 0 Å². The maximum absolute atomic E-state index is 6.30. The van der Waals surface area contributed by atoms with E-state index in [-0.39, 0.29) is 5.60 Å². The second-order valence-corrected chi connectivity index (χ2v) is 20.7. The third kappa shape index (κ3) is 8.88. The van der Waals surface area contributed by atoms with Crippen LogP contribution < -0.4 is 5.73 Å². The SMILES string of the molecule is CCC[CH2][Sn]([CH2]CCC)([CH2]CCC)[CH2]OC(C)(C)CN. The van der Waals surface area contributed by atoms with Gasteiger partial charge in [0, 0.05) is 0 Å². The molecular formula is C17H39NOSn. The molecule has 0 aliphatic heterocycles. The van der Waals surface area contributed by atoms with E-state index < -0.39 is 18.4 Å². The summed E-state index contributed by atoms with van der Waals surface area (Å²) >= 11 is -2.10. The predicted molar refractivity (Wildman–Crippen MR) is 94.0 cm³/mol. The number of hydrogen-bond donors (Lipinski definition) is 1. The first kappa shape index (κ1) is 20.7. The van der Waals surface area contributed by atoms with Gasteiger partial charge in [-0.3, -0.25) is 0 Å². The molecule has 0 fully saturated rings. The molecule has 0 rings (SSSR count). The van der Waals surface area contributed by atoms with Gasteiger partial charge in [-0.05, 0) is 0 Å². The second kappa shape index (κ2) is 11.3. The van der Waals surface area contributed by atoms with Gasteiger partial charge in [-0.25, -0.2) is 0 Å². The topological polar surface area (TPSA) is 35.2 Å². The van der Waals surface area contributed by atoms with E-state index in [1.165, 1.54) is 51.8 Å². The molecule has 122 valence electrons. The van der Waals surface area contributed by atoms with Crippen LogP contribution in [0.2, 0.25) is 13.3 Å². The van der Waals surface area contributed by atoms with Crippen molar-refractivity contribution >= 4 is 18.4 Å². The summed E-state index contributed by atoms with van der Waals surface area (Å²) in [5, 5.41) is 0. The number of nitrogens with two attached hydrogens (primary N) is 1. The Morgan fingerprint density at radius 1 is 0.850 bits per heavy atom. The third-order valence-electron chi connectivity index (χ3n) is 4.44. The Morgan fingerprint density at radius 2 is 1.25 bits per heavy atom. The van der Waals surface area contributed by atoms with Gasteiger partial charge in [-0.2, -0.15) is 0 Å². The minimum atomic E-state index is -2.10. The Balaban J connectivity index is 4.74. The van der Waals surface area contributed by atoms with Gasteiger partial charge < -0.3 is 0 Å². The molecule has 0 aliphatic carbocycles. The van der Waals surface area contributed by atoms with Crippen LogP contribution in [-0.4, -0.2) is 35.1 Å². The van der Waals surface area contributed by atoms with Crippen LogP contribution in [0.25, 0.3) is 0 Å². The van der Waals surface area contributed by atoms with Crippen molar-refractivity contribution in [3.05, 3.63) is 0 Å². The fourth-order valence-electron chi connectivity index (χ4n) is 2.65. The molecule has 0 spiro atoms.